The molecule has 2 aromatic rings. The van der Waals surface area contributed by atoms with Crippen molar-refractivity contribution >= 4 is 17.3 Å². The Morgan fingerprint density at radius 2 is 1.43 bits per heavy atom. The Hall–Kier alpha value is -3.73. The zero-order valence-electron chi connectivity index (χ0n) is 22.9. The Labute approximate surface area is 223 Å². The first-order valence-corrected chi connectivity index (χ1v) is 13.4. The topological polar surface area (TPSA) is 38.8 Å². The summed E-state index contributed by atoms with van der Waals surface area (Å²) in [7, 11) is 0. The van der Waals surface area contributed by atoms with Crippen LogP contribution in [0.3, 0.4) is 0 Å². The van der Waals surface area contributed by atoms with Gasteiger partial charge in [-0.2, -0.15) is 0 Å². The molecule has 1 fully saturated rings. The highest BCUT2D eigenvalue weighted by atomic mass is 16.2. The predicted octanol–water partition coefficient (Wildman–Crippen LogP) is 6.63. The van der Waals surface area contributed by atoms with Gasteiger partial charge in [-0.15, -0.1) is 0 Å². The maximum absolute atomic E-state index is 13.1. The van der Waals surface area contributed by atoms with Crippen LogP contribution in [0.5, 0.6) is 0 Å². The molecule has 5 heteroatoms. The van der Waals surface area contributed by atoms with Crippen molar-refractivity contribution in [2.75, 3.05) is 36.0 Å². The van der Waals surface area contributed by atoms with Crippen LogP contribution in [0.25, 0.3) is 0 Å². The number of nitrogens with one attached hydrogen (secondary N) is 1. The molecule has 0 bridgehead atoms. The Morgan fingerprint density at radius 1 is 0.865 bits per heavy atom. The van der Waals surface area contributed by atoms with Crippen molar-refractivity contribution in [2.24, 2.45) is 0 Å². The summed E-state index contributed by atoms with van der Waals surface area (Å²) >= 11 is 0. The van der Waals surface area contributed by atoms with E-state index in [1.807, 2.05) is 36.3 Å². The number of benzene rings is 2. The summed E-state index contributed by atoms with van der Waals surface area (Å²) in [5, 5.41) is 3.10. The molecule has 37 heavy (non-hydrogen) atoms. The minimum Gasteiger partial charge on any atom is -0.368 e. The number of hydrogen-bond donors (Lipinski definition) is 1. The first kappa shape index (κ1) is 27.9. The van der Waals surface area contributed by atoms with Crippen LogP contribution in [0.4, 0.5) is 11.4 Å². The van der Waals surface area contributed by atoms with Gasteiger partial charge in [0.25, 0.3) is 5.91 Å². The summed E-state index contributed by atoms with van der Waals surface area (Å²) in [5.74, 6) is -0.0819. The highest BCUT2D eigenvalue weighted by Gasteiger charge is 2.21. The summed E-state index contributed by atoms with van der Waals surface area (Å²) in [5.41, 5.74) is 6.08. The molecule has 196 valence electrons. The number of anilines is 2. The van der Waals surface area contributed by atoms with Gasteiger partial charge in [0.15, 0.2) is 0 Å². The molecular weight excluding hydrogens is 456 g/mol. The number of allylic oxidation sites excluding steroid dienone is 4. The SMILES string of the molecule is C=C1C=CC=CN1/C(C(=O)NCc1ccc(N2CCN(c3ccccc3)CC2)cc1)=C(\C)CC.CCC. The van der Waals surface area contributed by atoms with E-state index in [9.17, 15) is 4.79 Å². The van der Waals surface area contributed by atoms with Crippen molar-refractivity contribution in [1.82, 2.24) is 10.2 Å². The molecule has 2 aromatic carbocycles. The van der Waals surface area contributed by atoms with Crippen LogP contribution >= 0.6 is 0 Å². The van der Waals surface area contributed by atoms with Gasteiger partial charge in [0.05, 0.1) is 0 Å². The lowest BCUT2D eigenvalue weighted by Crippen LogP contribution is -2.46. The van der Waals surface area contributed by atoms with E-state index in [1.54, 1.807) is 0 Å². The van der Waals surface area contributed by atoms with Crippen LogP contribution < -0.4 is 15.1 Å². The summed E-state index contributed by atoms with van der Waals surface area (Å²) in [6.45, 7) is 16.9. The highest BCUT2D eigenvalue weighted by molar-refractivity contribution is 5.94. The fourth-order valence-electron chi connectivity index (χ4n) is 4.33. The number of carbonyl (C=O) groups is 1. The van der Waals surface area contributed by atoms with E-state index < -0.39 is 0 Å². The van der Waals surface area contributed by atoms with Gasteiger partial charge in [-0.3, -0.25) is 4.79 Å². The van der Waals surface area contributed by atoms with Crippen LogP contribution in [-0.4, -0.2) is 37.0 Å². The molecular formula is C32H42N4O. The van der Waals surface area contributed by atoms with E-state index in [0.717, 1.165) is 49.4 Å². The average Bonchev–Trinajstić information content (AvgIpc) is 2.94. The van der Waals surface area contributed by atoms with Gasteiger partial charge < -0.3 is 20.0 Å². The molecule has 0 atom stereocenters. The van der Waals surface area contributed by atoms with Crippen molar-refractivity contribution in [3.63, 3.8) is 0 Å². The molecule has 5 nitrogen and oxygen atoms in total. The monoisotopic (exact) mass is 498 g/mol. The molecule has 0 unspecified atom stereocenters. The van der Waals surface area contributed by atoms with Crippen molar-refractivity contribution < 1.29 is 4.79 Å². The molecule has 0 aliphatic carbocycles. The quantitative estimate of drug-likeness (QED) is 0.435. The van der Waals surface area contributed by atoms with E-state index in [-0.39, 0.29) is 5.91 Å². The smallest absolute Gasteiger partial charge is 0.268 e. The lowest BCUT2D eigenvalue weighted by molar-refractivity contribution is -0.118. The van der Waals surface area contributed by atoms with Crippen LogP contribution in [0.2, 0.25) is 0 Å². The van der Waals surface area contributed by atoms with Gasteiger partial charge in [-0.05, 0) is 60.9 Å². The second-order valence-electron chi connectivity index (χ2n) is 9.41. The van der Waals surface area contributed by atoms with Crippen molar-refractivity contribution in [1.29, 1.82) is 0 Å². The molecule has 1 amide bonds. The number of rotatable bonds is 7. The Bertz CT molecular complexity index is 1110. The summed E-state index contributed by atoms with van der Waals surface area (Å²) in [6, 6.07) is 19.1. The van der Waals surface area contributed by atoms with Crippen LogP contribution in [0, 0.1) is 0 Å². The Morgan fingerprint density at radius 3 is 1.97 bits per heavy atom. The third-order valence-corrected chi connectivity index (χ3v) is 6.49. The number of hydrogen-bond acceptors (Lipinski definition) is 4. The minimum absolute atomic E-state index is 0.0819. The van der Waals surface area contributed by atoms with Gasteiger partial charge in [-0.25, -0.2) is 0 Å². The number of amides is 1. The molecule has 2 aliphatic heterocycles. The third kappa shape index (κ3) is 7.63. The third-order valence-electron chi connectivity index (χ3n) is 6.49. The van der Waals surface area contributed by atoms with Gasteiger partial charge in [0.2, 0.25) is 0 Å². The number of piperazine rings is 1. The van der Waals surface area contributed by atoms with Gasteiger partial charge in [0.1, 0.15) is 5.70 Å². The van der Waals surface area contributed by atoms with E-state index in [2.05, 4.69) is 97.1 Å². The number of carbonyl (C=O) groups excluding carboxylic acids is 1. The van der Waals surface area contributed by atoms with Crippen LogP contribution in [-0.2, 0) is 11.3 Å². The molecule has 2 heterocycles. The standard InChI is InChI=1S/C29H34N4O.C3H8/c1-4-23(2)28(33-17-9-8-10-24(33)3)29(34)30-22-25-13-15-27(16-14-25)32-20-18-31(19-21-32)26-11-6-5-7-12-26;1-3-2/h5-17H,3-4,18-22H2,1-2H3,(H,30,34);3H2,1-2H3/b28-23+;. The normalized spacial score (nSPS) is 15.7. The van der Waals surface area contributed by atoms with E-state index in [0.29, 0.717) is 12.2 Å². The number of para-hydroxylation sites is 1. The molecule has 0 spiro atoms. The zero-order valence-corrected chi connectivity index (χ0v) is 22.9. The average molecular weight is 499 g/mol. The fourth-order valence-corrected chi connectivity index (χ4v) is 4.33. The maximum Gasteiger partial charge on any atom is 0.268 e. The molecule has 1 N–H and O–H groups in total. The Kier molecular flexibility index (Phi) is 10.6. The second kappa shape index (κ2) is 14.1. The van der Waals surface area contributed by atoms with Gasteiger partial charge in [-0.1, -0.05) is 70.2 Å². The van der Waals surface area contributed by atoms with Crippen LogP contribution in [0.1, 0.15) is 46.1 Å². The second-order valence-corrected chi connectivity index (χ2v) is 9.41. The summed E-state index contributed by atoms with van der Waals surface area (Å²) in [4.78, 5) is 19.8. The van der Waals surface area contributed by atoms with Crippen molar-refractivity contribution in [3.8, 4) is 0 Å². The summed E-state index contributed by atoms with van der Waals surface area (Å²) < 4.78 is 0. The van der Waals surface area contributed by atoms with Crippen molar-refractivity contribution in [3.05, 3.63) is 108 Å². The number of nitrogens with zero attached hydrogens (tertiary/aromatic N) is 3. The molecule has 2 aliphatic rings. The highest BCUT2D eigenvalue weighted by Crippen LogP contribution is 2.23. The van der Waals surface area contributed by atoms with E-state index in [4.69, 9.17) is 0 Å². The van der Waals surface area contributed by atoms with Crippen molar-refractivity contribution in [2.45, 2.75) is 47.1 Å². The first-order chi connectivity index (χ1) is 18.0. The Balaban J connectivity index is 0.00000121. The van der Waals surface area contributed by atoms with Gasteiger partial charge >= 0.3 is 0 Å². The van der Waals surface area contributed by atoms with Gasteiger partial charge in [0, 0.05) is 56.0 Å². The van der Waals surface area contributed by atoms with E-state index in [1.165, 1.54) is 17.8 Å². The molecule has 1 saturated heterocycles. The zero-order chi connectivity index (χ0) is 26.6. The van der Waals surface area contributed by atoms with Crippen LogP contribution in [0.15, 0.2) is 103 Å². The predicted molar refractivity (Wildman–Crippen MR) is 157 cm³/mol. The van der Waals surface area contributed by atoms with E-state index >= 15 is 0 Å². The fraction of sp³-hybridized carbons (Fsp3) is 0.344. The lowest BCUT2D eigenvalue weighted by atomic mass is 10.1. The lowest BCUT2D eigenvalue weighted by Gasteiger charge is -2.37. The summed E-state index contributed by atoms with van der Waals surface area (Å²) in [6.07, 6.45) is 9.70. The molecule has 0 saturated carbocycles. The molecule has 0 aromatic heterocycles. The largest absolute Gasteiger partial charge is 0.368 e. The first-order valence-electron chi connectivity index (χ1n) is 13.4. The molecule has 0 radical (unpaired) electrons. The maximum atomic E-state index is 13.1. The molecule has 4 rings (SSSR count). The minimum atomic E-state index is -0.0819.